The summed E-state index contributed by atoms with van der Waals surface area (Å²) in [5.74, 6) is -0.499. The standard InChI is InChI=1S/C25H28ClFN4O2/c1-2-3-6-12-31-24(32)19-9-5-4-8-18(19)23(28-31)25(33)30-15-13-29(14-16-30)17-20-21(26)10-7-11-22(20)27/h4-5,7-11H,2-3,6,12-17H2,1H3. The number of amides is 1. The van der Waals surface area contributed by atoms with E-state index in [4.69, 9.17) is 11.6 Å². The van der Waals surface area contributed by atoms with Crippen LogP contribution in [0.3, 0.4) is 0 Å². The molecule has 1 saturated heterocycles. The molecule has 174 valence electrons. The molecule has 0 spiro atoms. The average Bonchev–Trinajstić information content (AvgIpc) is 2.83. The SMILES string of the molecule is CCCCCn1nc(C(=O)N2CCN(Cc3c(F)cccc3Cl)CC2)c2ccccc2c1=O. The first-order valence-electron chi connectivity index (χ1n) is 11.4. The number of rotatable bonds is 7. The smallest absolute Gasteiger partial charge is 0.275 e. The largest absolute Gasteiger partial charge is 0.335 e. The van der Waals surface area contributed by atoms with Crippen LogP contribution in [0.4, 0.5) is 4.39 Å². The van der Waals surface area contributed by atoms with E-state index in [1.165, 1.54) is 10.7 Å². The highest BCUT2D eigenvalue weighted by Gasteiger charge is 2.26. The number of nitrogens with zero attached hydrogens (tertiary/aromatic N) is 4. The maximum Gasteiger partial charge on any atom is 0.275 e. The van der Waals surface area contributed by atoms with Gasteiger partial charge in [-0.15, -0.1) is 0 Å². The molecule has 1 aliphatic heterocycles. The van der Waals surface area contributed by atoms with Crippen LogP contribution in [0.1, 0.15) is 42.2 Å². The fourth-order valence-corrected chi connectivity index (χ4v) is 4.44. The minimum Gasteiger partial charge on any atom is -0.335 e. The lowest BCUT2D eigenvalue weighted by atomic mass is 10.1. The van der Waals surface area contributed by atoms with E-state index in [0.29, 0.717) is 66.3 Å². The number of piperazine rings is 1. The fourth-order valence-electron chi connectivity index (χ4n) is 4.22. The van der Waals surface area contributed by atoms with Crippen molar-refractivity contribution in [2.75, 3.05) is 26.2 Å². The number of unbranched alkanes of at least 4 members (excludes halogenated alkanes) is 2. The number of aromatic nitrogens is 2. The van der Waals surface area contributed by atoms with Gasteiger partial charge in [-0.05, 0) is 24.6 Å². The van der Waals surface area contributed by atoms with Crippen molar-refractivity contribution in [2.24, 2.45) is 0 Å². The van der Waals surface area contributed by atoms with Crippen molar-refractivity contribution < 1.29 is 9.18 Å². The summed E-state index contributed by atoms with van der Waals surface area (Å²) in [6.07, 6.45) is 2.88. The second-order valence-electron chi connectivity index (χ2n) is 8.40. The number of hydrogen-bond acceptors (Lipinski definition) is 4. The summed E-state index contributed by atoms with van der Waals surface area (Å²) >= 11 is 6.17. The van der Waals surface area contributed by atoms with E-state index in [1.807, 2.05) is 6.07 Å². The van der Waals surface area contributed by atoms with Crippen molar-refractivity contribution in [1.82, 2.24) is 19.6 Å². The van der Waals surface area contributed by atoms with Gasteiger partial charge in [0.15, 0.2) is 5.69 Å². The number of aryl methyl sites for hydroxylation is 1. The summed E-state index contributed by atoms with van der Waals surface area (Å²) in [5.41, 5.74) is 0.628. The third-order valence-corrected chi connectivity index (χ3v) is 6.50. The van der Waals surface area contributed by atoms with E-state index in [2.05, 4.69) is 16.9 Å². The second-order valence-corrected chi connectivity index (χ2v) is 8.81. The Kier molecular flexibility index (Phi) is 7.40. The fraction of sp³-hybridized carbons (Fsp3) is 0.400. The summed E-state index contributed by atoms with van der Waals surface area (Å²) in [5, 5.41) is 6.00. The Labute approximate surface area is 197 Å². The van der Waals surface area contributed by atoms with Crippen LogP contribution in [0.5, 0.6) is 0 Å². The molecule has 0 unspecified atom stereocenters. The minimum absolute atomic E-state index is 0.162. The van der Waals surface area contributed by atoms with Crippen LogP contribution >= 0.6 is 11.6 Å². The molecular formula is C25H28ClFN4O2. The van der Waals surface area contributed by atoms with E-state index < -0.39 is 0 Å². The van der Waals surface area contributed by atoms with E-state index in [0.717, 1.165) is 19.3 Å². The van der Waals surface area contributed by atoms with Crippen molar-refractivity contribution >= 4 is 28.3 Å². The van der Waals surface area contributed by atoms with Gasteiger partial charge < -0.3 is 4.90 Å². The Balaban J connectivity index is 1.52. The Morgan fingerprint density at radius 3 is 2.45 bits per heavy atom. The van der Waals surface area contributed by atoms with E-state index in [-0.39, 0.29) is 17.3 Å². The van der Waals surface area contributed by atoms with Gasteiger partial charge in [-0.1, -0.05) is 55.6 Å². The molecule has 0 radical (unpaired) electrons. The lowest BCUT2D eigenvalue weighted by Crippen LogP contribution is -2.48. The van der Waals surface area contributed by atoms with Crippen molar-refractivity contribution in [1.29, 1.82) is 0 Å². The molecule has 0 atom stereocenters. The molecule has 0 bridgehead atoms. The summed E-state index contributed by atoms with van der Waals surface area (Å²) in [6, 6.07) is 11.8. The highest BCUT2D eigenvalue weighted by molar-refractivity contribution is 6.31. The molecule has 3 aromatic rings. The number of halogens is 2. The second kappa shape index (κ2) is 10.4. The molecule has 4 rings (SSSR count). The molecule has 2 heterocycles. The predicted molar refractivity (Wildman–Crippen MR) is 128 cm³/mol. The Bertz CT molecular complexity index is 1180. The Morgan fingerprint density at radius 1 is 1.03 bits per heavy atom. The normalized spacial score (nSPS) is 14.7. The van der Waals surface area contributed by atoms with Gasteiger partial charge in [0, 0.05) is 55.2 Å². The van der Waals surface area contributed by atoms with Crippen molar-refractivity contribution in [3.63, 3.8) is 0 Å². The maximum absolute atomic E-state index is 14.1. The van der Waals surface area contributed by atoms with Crippen LogP contribution in [0, 0.1) is 5.82 Å². The summed E-state index contributed by atoms with van der Waals surface area (Å²) in [6.45, 7) is 5.19. The number of carbonyl (C=O) groups is 1. The molecule has 1 aliphatic rings. The lowest BCUT2D eigenvalue weighted by molar-refractivity contribution is 0.0621. The van der Waals surface area contributed by atoms with Crippen LogP contribution in [0.15, 0.2) is 47.3 Å². The lowest BCUT2D eigenvalue weighted by Gasteiger charge is -2.35. The van der Waals surface area contributed by atoms with Crippen molar-refractivity contribution in [2.45, 2.75) is 39.3 Å². The highest BCUT2D eigenvalue weighted by atomic mass is 35.5. The van der Waals surface area contributed by atoms with Crippen molar-refractivity contribution in [3.05, 3.63) is 74.9 Å². The summed E-state index contributed by atoms with van der Waals surface area (Å²) in [4.78, 5) is 30.1. The van der Waals surface area contributed by atoms with Crippen LogP contribution in [-0.2, 0) is 13.1 Å². The first-order valence-corrected chi connectivity index (χ1v) is 11.8. The van der Waals surface area contributed by atoms with Gasteiger partial charge in [-0.2, -0.15) is 5.10 Å². The van der Waals surface area contributed by atoms with Gasteiger partial charge in [0.1, 0.15) is 5.82 Å². The summed E-state index contributed by atoms with van der Waals surface area (Å²) in [7, 11) is 0. The zero-order chi connectivity index (χ0) is 23.4. The maximum atomic E-state index is 14.1. The van der Waals surface area contributed by atoms with Gasteiger partial charge in [-0.3, -0.25) is 14.5 Å². The minimum atomic E-state index is -0.318. The molecule has 1 amide bonds. The zero-order valence-corrected chi connectivity index (χ0v) is 19.5. The number of fused-ring (bicyclic) bond motifs is 1. The molecule has 8 heteroatoms. The Hall–Kier alpha value is -2.77. The topological polar surface area (TPSA) is 58.4 Å². The molecule has 2 aromatic carbocycles. The van der Waals surface area contributed by atoms with Crippen LogP contribution < -0.4 is 5.56 Å². The predicted octanol–water partition coefficient (Wildman–Crippen LogP) is 4.34. The average molecular weight is 471 g/mol. The molecular weight excluding hydrogens is 443 g/mol. The molecule has 1 fully saturated rings. The number of hydrogen-bond donors (Lipinski definition) is 0. The van der Waals surface area contributed by atoms with E-state index in [1.54, 1.807) is 35.2 Å². The van der Waals surface area contributed by atoms with Crippen LogP contribution in [-0.4, -0.2) is 51.7 Å². The monoisotopic (exact) mass is 470 g/mol. The number of benzene rings is 2. The molecule has 33 heavy (non-hydrogen) atoms. The Morgan fingerprint density at radius 2 is 1.76 bits per heavy atom. The highest BCUT2D eigenvalue weighted by Crippen LogP contribution is 2.22. The third kappa shape index (κ3) is 5.09. The quantitative estimate of drug-likeness (QED) is 0.482. The van der Waals surface area contributed by atoms with Crippen LogP contribution in [0.25, 0.3) is 10.8 Å². The van der Waals surface area contributed by atoms with Gasteiger partial charge in [-0.25, -0.2) is 9.07 Å². The number of carbonyl (C=O) groups excluding carboxylic acids is 1. The third-order valence-electron chi connectivity index (χ3n) is 6.15. The molecule has 0 aliphatic carbocycles. The van der Waals surface area contributed by atoms with Gasteiger partial charge in [0.2, 0.25) is 0 Å². The van der Waals surface area contributed by atoms with E-state index in [9.17, 15) is 14.0 Å². The summed E-state index contributed by atoms with van der Waals surface area (Å²) < 4.78 is 15.6. The van der Waals surface area contributed by atoms with Gasteiger partial charge in [0.05, 0.1) is 5.39 Å². The van der Waals surface area contributed by atoms with Crippen molar-refractivity contribution in [3.8, 4) is 0 Å². The van der Waals surface area contributed by atoms with Crippen LogP contribution in [0.2, 0.25) is 5.02 Å². The van der Waals surface area contributed by atoms with Gasteiger partial charge in [0.25, 0.3) is 11.5 Å². The van der Waals surface area contributed by atoms with E-state index >= 15 is 0 Å². The first-order chi connectivity index (χ1) is 16.0. The molecule has 0 saturated carbocycles. The zero-order valence-electron chi connectivity index (χ0n) is 18.8. The molecule has 6 nitrogen and oxygen atoms in total. The molecule has 1 aromatic heterocycles. The molecule has 0 N–H and O–H groups in total. The first kappa shape index (κ1) is 23.4. The van der Waals surface area contributed by atoms with Gasteiger partial charge >= 0.3 is 0 Å².